The third kappa shape index (κ3) is 2.84. The molecule has 0 saturated heterocycles. The SMILES string of the molecule is O=C(CCP)c1c(Cl)cc(Cl)cc1Cl. The molecule has 14 heavy (non-hydrogen) atoms. The molecule has 0 aromatic heterocycles. The zero-order valence-corrected chi connectivity index (χ0v) is 10.6. The standard InChI is InChI=1S/C9H8Cl3OP/c10-5-3-6(11)9(7(12)4-5)8(13)1-2-14/h3-4H,1-2,14H2. The molecule has 0 bridgehead atoms. The van der Waals surface area contributed by atoms with Crippen molar-refractivity contribution in [2.45, 2.75) is 6.42 Å². The van der Waals surface area contributed by atoms with Crippen LogP contribution in [0.2, 0.25) is 15.1 Å². The Bertz CT molecular complexity index is 342. The van der Waals surface area contributed by atoms with Crippen LogP contribution in [-0.2, 0) is 0 Å². The van der Waals surface area contributed by atoms with E-state index in [4.69, 9.17) is 34.8 Å². The maximum atomic E-state index is 11.6. The predicted octanol–water partition coefficient (Wildman–Crippen LogP) is 4.09. The smallest absolute Gasteiger partial charge is 0.166 e. The minimum atomic E-state index is -0.0633. The van der Waals surface area contributed by atoms with Crippen molar-refractivity contribution in [3.8, 4) is 0 Å². The molecule has 1 atom stereocenters. The van der Waals surface area contributed by atoms with Crippen molar-refractivity contribution in [1.29, 1.82) is 0 Å². The molecule has 0 amide bonds. The summed E-state index contributed by atoms with van der Waals surface area (Å²) in [5.41, 5.74) is 0.361. The molecule has 1 nitrogen and oxygen atoms in total. The van der Waals surface area contributed by atoms with Gasteiger partial charge in [0.25, 0.3) is 0 Å². The quantitative estimate of drug-likeness (QED) is 0.596. The Morgan fingerprint density at radius 3 is 2.14 bits per heavy atom. The maximum absolute atomic E-state index is 11.6. The first kappa shape index (κ1) is 12.3. The number of hydrogen-bond donors (Lipinski definition) is 0. The molecule has 5 heteroatoms. The third-order valence-electron chi connectivity index (χ3n) is 1.66. The number of carbonyl (C=O) groups excluding carboxylic acids is 1. The summed E-state index contributed by atoms with van der Waals surface area (Å²) in [4.78, 5) is 11.6. The van der Waals surface area contributed by atoms with Gasteiger partial charge in [0, 0.05) is 11.4 Å². The van der Waals surface area contributed by atoms with Gasteiger partial charge in [0.2, 0.25) is 0 Å². The van der Waals surface area contributed by atoms with Crippen LogP contribution in [-0.4, -0.2) is 11.9 Å². The van der Waals surface area contributed by atoms with Gasteiger partial charge < -0.3 is 0 Å². The van der Waals surface area contributed by atoms with Gasteiger partial charge in [-0.15, -0.1) is 9.24 Å². The molecule has 0 fully saturated rings. The second-order valence-electron chi connectivity index (χ2n) is 2.71. The number of halogens is 3. The molecule has 1 aromatic carbocycles. The topological polar surface area (TPSA) is 17.1 Å². The fraction of sp³-hybridized carbons (Fsp3) is 0.222. The molecule has 0 aliphatic heterocycles. The fourth-order valence-electron chi connectivity index (χ4n) is 1.06. The Morgan fingerprint density at radius 2 is 1.71 bits per heavy atom. The van der Waals surface area contributed by atoms with E-state index < -0.39 is 0 Å². The summed E-state index contributed by atoms with van der Waals surface area (Å²) in [5, 5.41) is 1.05. The van der Waals surface area contributed by atoms with Crippen molar-refractivity contribution < 1.29 is 4.79 Å². The Hall–Kier alpha value is 0.190. The van der Waals surface area contributed by atoms with Gasteiger partial charge in [-0.3, -0.25) is 4.79 Å². The summed E-state index contributed by atoms with van der Waals surface area (Å²) in [6, 6.07) is 3.04. The highest BCUT2D eigenvalue weighted by atomic mass is 35.5. The summed E-state index contributed by atoms with van der Waals surface area (Å²) in [7, 11) is 2.48. The molecule has 1 rings (SSSR count). The molecule has 0 N–H and O–H groups in total. The van der Waals surface area contributed by atoms with Gasteiger partial charge in [-0.25, -0.2) is 0 Å². The maximum Gasteiger partial charge on any atom is 0.166 e. The van der Waals surface area contributed by atoms with Gasteiger partial charge in [0.05, 0.1) is 15.6 Å². The van der Waals surface area contributed by atoms with Crippen molar-refractivity contribution in [3.05, 3.63) is 32.8 Å². The molecule has 76 valence electrons. The lowest BCUT2D eigenvalue weighted by molar-refractivity contribution is 0.0990. The van der Waals surface area contributed by atoms with Crippen molar-refractivity contribution in [2.75, 3.05) is 6.16 Å². The Balaban J connectivity index is 3.14. The Morgan fingerprint density at radius 1 is 1.21 bits per heavy atom. The van der Waals surface area contributed by atoms with Gasteiger partial charge in [-0.05, 0) is 18.3 Å². The number of ketones is 1. The molecule has 1 aromatic rings. The average Bonchev–Trinajstić information content (AvgIpc) is 2.01. The molecule has 0 aliphatic carbocycles. The van der Waals surface area contributed by atoms with Crippen LogP contribution in [0.4, 0.5) is 0 Å². The summed E-state index contributed by atoms with van der Waals surface area (Å²) < 4.78 is 0. The first-order chi connectivity index (χ1) is 6.56. The van der Waals surface area contributed by atoms with E-state index in [0.717, 1.165) is 0 Å². The van der Waals surface area contributed by atoms with E-state index in [9.17, 15) is 4.79 Å². The summed E-state index contributed by atoms with van der Waals surface area (Å²) in [5.74, 6) is -0.0633. The second-order valence-corrected chi connectivity index (χ2v) is 4.53. The number of benzene rings is 1. The lowest BCUT2D eigenvalue weighted by atomic mass is 10.1. The molecule has 0 radical (unpaired) electrons. The molecule has 1 unspecified atom stereocenters. The molecular formula is C9H8Cl3OP. The van der Waals surface area contributed by atoms with E-state index in [0.29, 0.717) is 33.2 Å². The Labute approximate surface area is 99.9 Å². The van der Waals surface area contributed by atoms with Gasteiger partial charge >= 0.3 is 0 Å². The van der Waals surface area contributed by atoms with Gasteiger partial charge in [-0.1, -0.05) is 34.8 Å². The number of carbonyl (C=O) groups is 1. The van der Waals surface area contributed by atoms with Crippen LogP contribution >= 0.6 is 44.0 Å². The van der Waals surface area contributed by atoms with Gasteiger partial charge in [0.1, 0.15) is 0 Å². The van der Waals surface area contributed by atoms with Crippen LogP contribution in [0.5, 0.6) is 0 Å². The molecule has 0 heterocycles. The van der Waals surface area contributed by atoms with E-state index in [2.05, 4.69) is 9.24 Å². The van der Waals surface area contributed by atoms with E-state index in [-0.39, 0.29) is 5.78 Å². The van der Waals surface area contributed by atoms with Crippen molar-refractivity contribution in [3.63, 3.8) is 0 Å². The summed E-state index contributed by atoms with van der Waals surface area (Å²) in [6.07, 6.45) is 1.10. The monoisotopic (exact) mass is 268 g/mol. The fourth-order valence-corrected chi connectivity index (χ4v) is 2.35. The summed E-state index contributed by atoms with van der Waals surface area (Å²) in [6.45, 7) is 0. The van der Waals surface area contributed by atoms with Gasteiger partial charge in [0.15, 0.2) is 5.78 Å². The zero-order valence-electron chi connectivity index (χ0n) is 7.19. The highest BCUT2D eigenvalue weighted by Gasteiger charge is 2.14. The van der Waals surface area contributed by atoms with Crippen molar-refractivity contribution >= 4 is 49.8 Å². The molecule has 0 spiro atoms. The van der Waals surface area contributed by atoms with Gasteiger partial charge in [-0.2, -0.15) is 0 Å². The second kappa shape index (κ2) is 5.32. The zero-order chi connectivity index (χ0) is 10.7. The number of hydrogen-bond acceptors (Lipinski definition) is 1. The van der Waals surface area contributed by atoms with E-state index in [1.807, 2.05) is 0 Å². The lowest BCUT2D eigenvalue weighted by Gasteiger charge is -2.05. The van der Waals surface area contributed by atoms with Crippen LogP contribution in [0.25, 0.3) is 0 Å². The minimum Gasteiger partial charge on any atom is -0.294 e. The van der Waals surface area contributed by atoms with Crippen molar-refractivity contribution in [2.24, 2.45) is 0 Å². The van der Waals surface area contributed by atoms with Crippen molar-refractivity contribution in [1.82, 2.24) is 0 Å². The molecule has 0 saturated carbocycles. The minimum absolute atomic E-state index is 0.0633. The van der Waals surface area contributed by atoms with Crippen LogP contribution in [0.3, 0.4) is 0 Å². The van der Waals surface area contributed by atoms with Crippen LogP contribution in [0.1, 0.15) is 16.8 Å². The predicted molar refractivity (Wildman–Crippen MR) is 65.0 cm³/mol. The number of rotatable bonds is 3. The lowest BCUT2D eigenvalue weighted by Crippen LogP contribution is -2.01. The average molecular weight is 269 g/mol. The first-order valence-corrected chi connectivity index (χ1v) is 5.89. The van der Waals surface area contributed by atoms with Crippen LogP contribution in [0, 0.1) is 0 Å². The normalized spacial score (nSPS) is 10.3. The van der Waals surface area contributed by atoms with Crippen LogP contribution in [0.15, 0.2) is 12.1 Å². The Kier molecular flexibility index (Phi) is 4.66. The third-order valence-corrected chi connectivity index (χ3v) is 2.76. The first-order valence-electron chi connectivity index (χ1n) is 3.94. The van der Waals surface area contributed by atoms with E-state index in [1.165, 1.54) is 12.1 Å². The van der Waals surface area contributed by atoms with E-state index in [1.54, 1.807) is 0 Å². The summed E-state index contributed by atoms with van der Waals surface area (Å²) >= 11 is 17.5. The highest BCUT2D eigenvalue weighted by molar-refractivity contribution is 7.16. The largest absolute Gasteiger partial charge is 0.294 e. The van der Waals surface area contributed by atoms with E-state index >= 15 is 0 Å². The molecular weight excluding hydrogens is 261 g/mol. The highest BCUT2D eigenvalue weighted by Crippen LogP contribution is 2.29. The van der Waals surface area contributed by atoms with Crippen LogP contribution < -0.4 is 0 Å². The number of Topliss-reactive ketones (excluding diaryl/α,β-unsaturated/α-hetero) is 1. The molecule has 0 aliphatic rings.